The van der Waals surface area contributed by atoms with Gasteiger partial charge >= 0.3 is 0 Å². The molecule has 1 aromatic heterocycles. The second-order valence-electron chi connectivity index (χ2n) is 6.03. The molecule has 0 aliphatic carbocycles. The summed E-state index contributed by atoms with van der Waals surface area (Å²) in [7, 11) is -3.00. The molecule has 3 rings (SSSR count). The fraction of sp³-hybridized carbons (Fsp3) is 0.375. The number of hydrazine groups is 1. The van der Waals surface area contributed by atoms with Crippen LogP contribution < -0.4 is 10.9 Å². The van der Waals surface area contributed by atoms with Gasteiger partial charge in [-0.3, -0.25) is 20.4 Å². The maximum absolute atomic E-state index is 12.3. The standard InChI is InChI=1S/C16H18N2O4S2/c1-10-12-4-2-3-5-13(12)23-15(10)16(20)18-17-14(19)8-11-6-7-24(21,22)9-11/h2-5,11H,6-9H2,1H3,(H,17,19)(H,18,20)/t11-/m0/s1. The molecule has 1 aromatic carbocycles. The van der Waals surface area contributed by atoms with Crippen LogP contribution in [0.25, 0.3) is 10.1 Å². The van der Waals surface area contributed by atoms with Crippen molar-refractivity contribution >= 4 is 43.1 Å². The summed E-state index contributed by atoms with van der Waals surface area (Å²) in [4.78, 5) is 24.7. The molecule has 2 N–H and O–H groups in total. The first-order valence-corrected chi connectivity index (χ1v) is 10.3. The number of hydrogen-bond donors (Lipinski definition) is 2. The SMILES string of the molecule is Cc1c(C(=O)NNC(=O)C[C@@H]2CCS(=O)(=O)C2)sc2ccccc12. The highest BCUT2D eigenvalue weighted by Crippen LogP contribution is 2.30. The van der Waals surface area contributed by atoms with Gasteiger partial charge in [0.1, 0.15) is 0 Å². The van der Waals surface area contributed by atoms with Crippen molar-refractivity contribution in [3.63, 3.8) is 0 Å². The van der Waals surface area contributed by atoms with E-state index in [0.29, 0.717) is 11.3 Å². The second kappa shape index (κ2) is 6.52. The highest BCUT2D eigenvalue weighted by Gasteiger charge is 2.29. The van der Waals surface area contributed by atoms with E-state index in [-0.39, 0.29) is 35.7 Å². The number of sulfone groups is 1. The van der Waals surface area contributed by atoms with Crippen LogP contribution in [0.5, 0.6) is 0 Å². The first-order chi connectivity index (χ1) is 11.4. The molecule has 128 valence electrons. The molecule has 2 aromatic rings. The van der Waals surface area contributed by atoms with E-state index in [1.54, 1.807) is 0 Å². The molecular formula is C16H18N2O4S2. The smallest absolute Gasteiger partial charge is 0.273 e. The van der Waals surface area contributed by atoms with Crippen molar-refractivity contribution < 1.29 is 18.0 Å². The topological polar surface area (TPSA) is 92.3 Å². The van der Waals surface area contributed by atoms with E-state index in [9.17, 15) is 18.0 Å². The minimum atomic E-state index is -3.00. The number of amides is 2. The molecular weight excluding hydrogens is 348 g/mol. The summed E-state index contributed by atoms with van der Waals surface area (Å²) in [5.74, 6) is -0.717. The van der Waals surface area contributed by atoms with Crippen LogP contribution in [0.15, 0.2) is 24.3 Å². The predicted molar refractivity (Wildman–Crippen MR) is 93.5 cm³/mol. The molecule has 0 radical (unpaired) electrons. The minimum absolute atomic E-state index is 0.0454. The molecule has 0 unspecified atom stereocenters. The normalized spacial score (nSPS) is 19.3. The van der Waals surface area contributed by atoms with Crippen molar-refractivity contribution in [3.8, 4) is 0 Å². The van der Waals surface area contributed by atoms with Crippen LogP contribution >= 0.6 is 11.3 Å². The van der Waals surface area contributed by atoms with E-state index in [1.165, 1.54) is 11.3 Å². The highest BCUT2D eigenvalue weighted by atomic mass is 32.2. The molecule has 1 saturated heterocycles. The highest BCUT2D eigenvalue weighted by molar-refractivity contribution is 7.91. The number of carbonyl (C=O) groups is 2. The Labute approximate surface area is 144 Å². The number of nitrogens with one attached hydrogen (secondary N) is 2. The minimum Gasteiger partial charge on any atom is -0.273 e. The molecule has 1 atom stereocenters. The van der Waals surface area contributed by atoms with Crippen molar-refractivity contribution in [2.75, 3.05) is 11.5 Å². The second-order valence-corrected chi connectivity index (χ2v) is 9.31. The molecule has 8 heteroatoms. The summed E-state index contributed by atoms with van der Waals surface area (Å²) in [6.45, 7) is 1.87. The first-order valence-electron chi connectivity index (χ1n) is 7.63. The molecule has 24 heavy (non-hydrogen) atoms. The van der Waals surface area contributed by atoms with Crippen LogP contribution in [-0.4, -0.2) is 31.7 Å². The lowest BCUT2D eigenvalue weighted by Crippen LogP contribution is -2.42. The zero-order valence-corrected chi connectivity index (χ0v) is 14.8. The maximum atomic E-state index is 12.3. The predicted octanol–water partition coefficient (Wildman–Crippen LogP) is 1.80. The zero-order chi connectivity index (χ0) is 17.3. The van der Waals surface area contributed by atoms with Crippen LogP contribution in [-0.2, 0) is 14.6 Å². The van der Waals surface area contributed by atoms with E-state index in [1.807, 2.05) is 31.2 Å². The third kappa shape index (κ3) is 3.59. The molecule has 1 aliphatic rings. The third-order valence-electron chi connectivity index (χ3n) is 4.17. The molecule has 0 spiro atoms. The Bertz CT molecular complexity index is 902. The summed E-state index contributed by atoms with van der Waals surface area (Å²) >= 11 is 1.37. The Balaban J connectivity index is 1.58. The van der Waals surface area contributed by atoms with E-state index in [0.717, 1.165) is 15.6 Å². The lowest BCUT2D eigenvalue weighted by atomic mass is 10.1. The van der Waals surface area contributed by atoms with Crippen molar-refractivity contribution in [2.24, 2.45) is 5.92 Å². The molecule has 1 fully saturated rings. The quantitative estimate of drug-likeness (QED) is 0.810. The Morgan fingerprint density at radius 1 is 1.25 bits per heavy atom. The molecule has 6 nitrogen and oxygen atoms in total. The number of thiophene rings is 1. The van der Waals surface area contributed by atoms with Gasteiger partial charge in [-0.15, -0.1) is 11.3 Å². The Morgan fingerprint density at radius 3 is 2.67 bits per heavy atom. The van der Waals surface area contributed by atoms with E-state index in [2.05, 4.69) is 10.9 Å². The van der Waals surface area contributed by atoms with Gasteiger partial charge in [-0.25, -0.2) is 8.42 Å². The number of benzene rings is 1. The van der Waals surface area contributed by atoms with Crippen LogP contribution in [0.1, 0.15) is 28.1 Å². The van der Waals surface area contributed by atoms with Crippen LogP contribution in [0, 0.1) is 12.8 Å². The Morgan fingerprint density at radius 2 is 2.00 bits per heavy atom. The summed E-state index contributed by atoms with van der Waals surface area (Å²) in [5, 5.41) is 1.02. The molecule has 0 saturated carbocycles. The van der Waals surface area contributed by atoms with Gasteiger partial charge in [0.2, 0.25) is 5.91 Å². The maximum Gasteiger partial charge on any atom is 0.280 e. The average molecular weight is 366 g/mol. The summed E-state index contributed by atoms with van der Waals surface area (Å²) < 4.78 is 23.8. The Hall–Kier alpha value is -1.93. The summed E-state index contributed by atoms with van der Waals surface area (Å²) in [6, 6.07) is 7.73. The third-order valence-corrected chi connectivity index (χ3v) is 7.27. The van der Waals surface area contributed by atoms with E-state index in [4.69, 9.17) is 0 Å². The van der Waals surface area contributed by atoms with Gasteiger partial charge in [0.05, 0.1) is 16.4 Å². The fourth-order valence-corrected chi connectivity index (χ4v) is 5.89. The first kappa shape index (κ1) is 16.9. The van der Waals surface area contributed by atoms with E-state index >= 15 is 0 Å². The monoisotopic (exact) mass is 366 g/mol. The molecule has 1 aliphatic heterocycles. The van der Waals surface area contributed by atoms with Crippen LogP contribution in [0.3, 0.4) is 0 Å². The van der Waals surface area contributed by atoms with Gasteiger partial charge in [0.25, 0.3) is 5.91 Å². The lowest BCUT2D eigenvalue weighted by molar-refractivity contribution is -0.122. The number of aryl methyl sites for hydroxylation is 1. The lowest BCUT2D eigenvalue weighted by Gasteiger charge is -2.09. The van der Waals surface area contributed by atoms with Crippen molar-refractivity contribution in [1.82, 2.24) is 10.9 Å². The summed E-state index contributed by atoms with van der Waals surface area (Å²) in [6.07, 6.45) is 0.601. The van der Waals surface area contributed by atoms with Gasteiger partial charge in [0.15, 0.2) is 9.84 Å². The fourth-order valence-electron chi connectivity index (χ4n) is 2.92. The zero-order valence-electron chi connectivity index (χ0n) is 13.2. The number of hydrogen-bond acceptors (Lipinski definition) is 5. The van der Waals surface area contributed by atoms with E-state index < -0.39 is 9.84 Å². The van der Waals surface area contributed by atoms with Crippen LogP contribution in [0.4, 0.5) is 0 Å². The molecule has 2 heterocycles. The summed E-state index contributed by atoms with van der Waals surface area (Å²) in [5.41, 5.74) is 5.68. The molecule has 0 bridgehead atoms. The average Bonchev–Trinajstić information content (AvgIpc) is 3.05. The van der Waals surface area contributed by atoms with Gasteiger partial charge in [-0.1, -0.05) is 18.2 Å². The van der Waals surface area contributed by atoms with Gasteiger partial charge in [-0.2, -0.15) is 0 Å². The van der Waals surface area contributed by atoms with Gasteiger partial charge in [-0.05, 0) is 36.3 Å². The van der Waals surface area contributed by atoms with Crippen LogP contribution in [0.2, 0.25) is 0 Å². The van der Waals surface area contributed by atoms with Gasteiger partial charge < -0.3 is 0 Å². The number of fused-ring (bicyclic) bond motifs is 1. The Kier molecular flexibility index (Phi) is 4.60. The largest absolute Gasteiger partial charge is 0.280 e. The van der Waals surface area contributed by atoms with Crippen molar-refractivity contribution in [1.29, 1.82) is 0 Å². The number of rotatable bonds is 3. The number of carbonyl (C=O) groups excluding carboxylic acids is 2. The van der Waals surface area contributed by atoms with Crippen molar-refractivity contribution in [2.45, 2.75) is 19.8 Å². The molecule has 2 amide bonds. The van der Waals surface area contributed by atoms with Crippen molar-refractivity contribution in [3.05, 3.63) is 34.7 Å². The van der Waals surface area contributed by atoms with Gasteiger partial charge in [0, 0.05) is 11.1 Å².